The van der Waals surface area contributed by atoms with E-state index in [2.05, 4.69) is 0 Å². The normalized spacial score (nSPS) is 10.7. The third-order valence-electron chi connectivity index (χ3n) is 2.63. The van der Waals surface area contributed by atoms with Crippen molar-refractivity contribution in [2.24, 2.45) is 0 Å². The van der Waals surface area contributed by atoms with Gasteiger partial charge in [0, 0.05) is 54.4 Å². The van der Waals surface area contributed by atoms with E-state index in [9.17, 15) is 8.42 Å². The summed E-state index contributed by atoms with van der Waals surface area (Å²) in [6.45, 7) is 3.33. The molecule has 1 N–H and O–H groups in total. The third kappa shape index (κ3) is 7.17. The molecule has 0 bridgehead atoms. The van der Waals surface area contributed by atoms with Crippen molar-refractivity contribution in [2.75, 3.05) is 30.9 Å². The van der Waals surface area contributed by atoms with Crippen molar-refractivity contribution in [3.8, 4) is 5.75 Å². The number of hydrogen-bond donors (Lipinski definition) is 1. The van der Waals surface area contributed by atoms with Gasteiger partial charge in [-0.2, -0.15) is 8.42 Å². The van der Waals surface area contributed by atoms with Crippen molar-refractivity contribution in [1.82, 2.24) is 0 Å². The third-order valence-corrected chi connectivity index (χ3v) is 3.44. The minimum absolute atomic E-state index is 0. The molecule has 1 rings (SSSR count). The molecule has 0 aliphatic rings. The Morgan fingerprint density at radius 3 is 2.58 bits per heavy atom. The molecule has 0 aliphatic carbocycles. The molecule has 7 heteroatoms. The monoisotopic (exact) mass is 296 g/mol. The van der Waals surface area contributed by atoms with Crippen LogP contribution in [0.5, 0.6) is 5.75 Å². The van der Waals surface area contributed by atoms with E-state index in [0.717, 1.165) is 18.0 Å². The first-order valence-corrected chi connectivity index (χ1v) is 7.41. The van der Waals surface area contributed by atoms with Crippen LogP contribution in [0.25, 0.3) is 0 Å². The molecule has 5 nitrogen and oxygen atoms in total. The molecule has 0 saturated heterocycles. The molecule has 19 heavy (non-hydrogen) atoms. The summed E-state index contributed by atoms with van der Waals surface area (Å²) in [6.07, 6.45) is 0.393. The van der Waals surface area contributed by atoms with E-state index in [0.29, 0.717) is 13.0 Å². The summed E-state index contributed by atoms with van der Waals surface area (Å²) in [7, 11) is -2.27. The largest absolute Gasteiger partial charge is 0.497 e. The summed E-state index contributed by atoms with van der Waals surface area (Å²) in [5, 5.41) is 0. The van der Waals surface area contributed by atoms with Crippen LogP contribution in [-0.2, 0) is 10.1 Å². The van der Waals surface area contributed by atoms with Crippen LogP contribution in [0.1, 0.15) is 13.3 Å². The zero-order chi connectivity index (χ0) is 13.6. The average Bonchev–Trinajstić information content (AvgIpc) is 2.33. The molecule has 0 fully saturated rings. The van der Waals surface area contributed by atoms with E-state index in [-0.39, 0.29) is 35.3 Å². The predicted molar refractivity (Wildman–Crippen MR) is 77.7 cm³/mol. The van der Waals surface area contributed by atoms with Crippen molar-refractivity contribution in [3.05, 3.63) is 24.3 Å². The second-order valence-electron chi connectivity index (χ2n) is 3.92. The van der Waals surface area contributed by atoms with Crippen LogP contribution < -0.4 is 9.64 Å². The molecule has 0 atom stereocenters. The summed E-state index contributed by atoms with van der Waals surface area (Å²) in [6, 6.07) is 7.59. The molecule has 1 radical (unpaired) electrons. The molecule has 1 aromatic rings. The molecular weight excluding hydrogens is 277 g/mol. The van der Waals surface area contributed by atoms with Crippen LogP contribution in [0.4, 0.5) is 5.69 Å². The number of anilines is 1. The van der Waals surface area contributed by atoms with Crippen LogP contribution in [-0.4, -0.2) is 68.5 Å². The van der Waals surface area contributed by atoms with E-state index in [1.165, 1.54) is 0 Å². The van der Waals surface area contributed by atoms with Crippen molar-refractivity contribution < 1.29 is 17.7 Å². The standard InChI is InChI=1S/C12H19NO4S.Na/c1-3-13(8-5-9-18(14,15)16)11-6-4-7-12(10-11)17-2;/h4,6-7,10H,3,5,8-9H2,1-2H3,(H,14,15,16);. The fourth-order valence-corrected chi connectivity index (χ4v) is 2.21. The van der Waals surface area contributed by atoms with Crippen LogP contribution in [0.2, 0.25) is 0 Å². The summed E-state index contributed by atoms with van der Waals surface area (Å²) in [4.78, 5) is 2.04. The van der Waals surface area contributed by atoms with Crippen molar-refractivity contribution in [2.45, 2.75) is 13.3 Å². The molecule has 1 aromatic carbocycles. The van der Waals surface area contributed by atoms with Crippen LogP contribution >= 0.6 is 0 Å². The minimum atomic E-state index is -3.87. The molecule has 0 spiro atoms. The van der Waals surface area contributed by atoms with E-state index in [1.54, 1.807) is 7.11 Å². The first kappa shape index (κ1) is 18.7. The Kier molecular flexibility index (Phi) is 8.69. The van der Waals surface area contributed by atoms with Gasteiger partial charge in [0.05, 0.1) is 12.9 Å². The van der Waals surface area contributed by atoms with E-state index in [4.69, 9.17) is 9.29 Å². The Bertz CT molecular complexity index is 478. The van der Waals surface area contributed by atoms with E-state index in [1.807, 2.05) is 36.1 Å². The maximum atomic E-state index is 10.7. The molecule has 0 amide bonds. The van der Waals surface area contributed by atoms with Crippen molar-refractivity contribution >= 4 is 45.4 Å². The smallest absolute Gasteiger partial charge is 0.264 e. The summed E-state index contributed by atoms with van der Waals surface area (Å²) in [5.41, 5.74) is 0.979. The molecule has 0 aliphatic heterocycles. The van der Waals surface area contributed by atoms with Crippen LogP contribution in [0.3, 0.4) is 0 Å². The number of benzene rings is 1. The van der Waals surface area contributed by atoms with Gasteiger partial charge in [-0.15, -0.1) is 0 Å². The van der Waals surface area contributed by atoms with Crippen LogP contribution in [0, 0.1) is 0 Å². The summed E-state index contributed by atoms with van der Waals surface area (Å²) >= 11 is 0. The van der Waals surface area contributed by atoms with Gasteiger partial charge in [0.25, 0.3) is 10.1 Å². The minimum Gasteiger partial charge on any atom is -0.497 e. The predicted octanol–water partition coefficient (Wildman–Crippen LogP) is 1.42. The average molecular weight is 296 g/mol. The first-order valence-electron chi connectivity index (χ1n) is 5.80. The zero-order valence-electron chi connectivity index (χ0n) is 11.7. The molecular formula is C12H19NNaO4S. The molecule has 0 aromatic heterocycles. The number of ether oxygens (including phenoxy) is 1. The first-order chi connectivity index (χ1) is 8.46. The summed E-state index contributed by atoms with van der Waals surface area (Å²) in [5.74, 6) is 0.550. The van der Waals surface area contributed by atoms with Gasteiger partial charge in [-0.3, -0.25) is 4.55 Å². The van der Waals surface area contributed by atoms with Gasteiger partial charge in [-0.25, -0.2) is 0 Å². The quantitative estimate of drug-likeness (QED) is 0.609. The van der Waals surface area contributed by atoms with Gasteiger partial charge in [0.1, 0.15) is 5.75 Å². The topological polar surface area (TPSA) is 66.8 Å². The van der Waals surface area contributed by atoms with Crippen LogP contribution in [0.15, 0.2) is 24.3 Å². The van der Waals surface area contributed by atoms with E-state index < -0.39 is 10.1 Å². The van der Waals surface area contributed by atoms with Gasteiger partial charge < -0.3 is 9.64 Å². The number of nitrogens with zero attached hydrogens (tertiary/aromatic N) is 1. The molecule has 0 heterocycles. The fraction of sp³-hybridized carbons (Fsp3) is 0.500. The van der Waals surface area contributed by atoms with Crippen molar-refractivity contribution in [1.29, 1.82) is 0 Å². The molecule has 0 unspecified atom stereocenters. The zero-order valence-corrected chi connectivity index (χ0v) is 14.5. The second kappa shape index (κ2) is 8.81. The maximum absolute atomic E-state index is 10.7. The Morgan fingerprint density at radius 1 is 1.37 bits per heavy atom. The van der Waals surface area contributed by atoms with Gasteiger partial charge in [0.2, 0.25) is 0 Å². The number of hydrogen-bond acceptors (Lipinski definition) is 4. The Morgan fingerprint density at radius 2 is 2.05 bits per heavy atom. The Hall–Kier alpha value is -0.270. The fourth-order valence-electron chi connectivity index (χ4n) is 1.71. The van der Waals surface area contributed by atoms with Gasteiger partial charge in [0.15, 0.2) is 0 Å². The second-order valence-corrected chi connectivity index (χ2v) is 5.49. The Balaban J connectivity index is 0.00000324. The van der Waals surface area contributed by atoms with E-state index >= 15 is 0 Å². The maximum Gasteiger partial charge on any atom is 0.264 e. The number of methoxy groups -OCH3 is 1. The number of rotatable bonds is 7. The SMILES string of the molecule is CCN(CCCS(=O)(=O)O)c1cccc(OC)c1.[Na]. The van der Waals surface area contributed by atoms with Crippen molar-refractivity contribution in [3.63, 3.8) is 0 Å². The molecule has 103 valence electrons. The Labute approximate surface area is 137 Å². The molecule has 0 saturated carbocycles. The van der Waals surface area contributed by atoms with Gasteiger partial charge >= 0.3 is 0 Å². The summed E-state index contributed by atoms with van der Waals surface area (Å²) < 4.78 is 35.1. The van der Waals surface area contributed by atoms with Gasteiger partial charge in [-0.1, -0.05) is 6.07 Å². The van der Waals surface area contributed by atoms with Gasteiger partial charge in [-0.05, 0) is 25.5 Å².